The van der Waals surface area contributed by atoms with Gasteiger partial charge in [-0.2, -0.15) is 0 Å². The average Bonchev–Trinajstić information content (AvgIpc) is 2.37. The molecule has 110 valence electrons. The molecule has 3 nitrogen and oxygen atoms in total. The highest BCUT2D eigenvalue weighted by Gasteiger charge is 2.35. The van der Waals surface area contributed by atoms with Crippen LogP contribution in [0.25, 0.3) is 0 Å². The smallest absolute Gasteiger partial charge is 0.281 e. The first-order valence-electron chi connectivity index (χ1n) is 7.75. The third-order valence-corrected chi connectivity index (χ3v) is 7.86. The van der Waals surface area contributed by atoms with Crippen LogP contribution in [-0.2, 0) is 0 Å². The summed E-state index contributed by atoms with van der Waals surface area (Å²) in [4.78, 5) is 11.6. The molecule has 0 aliphatic carbocycles. The lowest BCUT2D eigenvalue weighted by atomic mass is 10.3. The molecule has 0 aromatic rings. The first kappa shape index (κ1) is 18.1. The van der Waals surface area contributed by atoms with Crippen molar-refractivity contribution >= 4 is 8.56 Å². The van der Waals surface area contributed by atoms with Crippen molar-refractivity contribution in [1.82, 2.24) is 14.9 Å². The van der Waals surface area contributed by atoms with Crippen LogP contribution in [-0.4, -0.2) is 26.7 Å². The van der Waals surface area contributed by atoms with Gasteiger partial charge in [0.1, 0.15) is 0 Å². The van der Waals surface area contributed by atoms with Gasteiger partial charge in [0.25, 0.3) is 8.56 Å². The molecule has 4 heteroatoms. The molecule has 0 radical (unpaired) electrons. The summed E-state index contributed by atoms with van der Waals surface area (Å²) < 4.78 is 0. The second kappa shape index (κ2) is 9.07. The van der Waals surface area contributed by atoms with Gasteiger partial charge < -0.3 is 14.9 Å². The highest BCUT2D eigenvalue weighted by molar-refractivity contribution is 6.72. The standard InChI is InChI=1S/C14H35N3Si/c1-8-12(5)15-18(11-4,16-13(6)9-2)17-14(7)10-3/h12-17H,8-11H2,1-7H3. The predicted octanol–water partition coefficient (Wildman–Crippen LogP) is 3.11. The number of nitrogens with one attached hydrogen (secondary N) is 3. The molecule has 0 rings (SSSR count). The summed E-state index contributed by atoms with van der Waals surface area (Å²) in [6, 6.07) is 2.89. The molecule has 0 aliphatic rings. The summed E-state index contributed by atoms with van der Waals surface area (Å²) >= 11 is 0. The van der Waals surface area contributed by atoms with Crippen molar-refractivity contribution in [3.8, 4) is 0 Å². The van der Waals surface area contributed by atoms with Gasteiger partial charge in [0, 0.05) is 0 Å². The number of rotatable bonds is 10. The fourth-order valence-electron chi connectivity index (χ4n) is 2.00. The number of hydrogen-bond donors (Lipinski definition) is 3. The van der Waals surface area contributed by atoms with Crippen molar-refractivity contribution in [2.75, 3.05) is 0 Å². The molecule has 3 N–H and O–H groups in total. The molecule has 0 aromatic heterocycles. The summed E-state index contributed by atoms with van der Waals surface area (Å²) in [5, 5.41) is 0. The van der Waals surface area contributed by atoms with E-state index in [0.717, 1.165) is 0 Å². The van der Waals surface area contributed by atoms with Gasteiger partial charge in [-0.1, -0.05) is 48.5 Å². The molecule has 18 heavy (non-hydrogen) atoms. The Morgan fingerprint density at radius 2 is 0.944 bits per heavy atom. The van der Waals surface area contributed by atoms with Crippen molar-refractivity contribution in [2.24, 2.45) is 0 Å². The van der Waals surface area contributed by atoms with Gasteiger partial charge in [0.2, 0.25) is 0 Å². The second-order valence-electron chi connectivity index (χ2n) is 5.62. The molecular weight excluding hydrogens is 238 g/mol. The molecule has 0 saturated heterocycles. The van der Waals surface area contributed by atoms with Crippen LogP contribution in [0.4, 0.5) is 0 Å². The third-order valence-electron chi connectivity index (χ3n) is 3.85. The maximum Gasteiger partial charge on any atom is 0.281 e. The molecule has 0 amide bonds. The van der Waals surface area contributed by atoms with Gasteiger partial charge in [-0.3, -0.25) is 0 Å². The third kappa shape index (κ3) is 6.32. The minimum atomic E-state index is -1.77. The predicted molar refractivity (Wildman–Crippen MR) is 84.9 cm³/mol. The molecule has 3 atom stereocenters. The summed E-state index contributed by atoms with van der Waals surface area (Å²) in [6.45, 7) is 15.9. The van der Waals surface area contributed by atoms with Gasteiger partial charge in [-0.25, -0.2) is 0 Å². The summed E-state index contributed by atoms with van der Waals surface area (Å²) in [6.07, 6.45) is 3.54. The Hall–Kier alpha value is 0.0969. The largest absolute Gasteiger partial charge is 0.311 e. The van der Waals surface area contributed by atoms with Crippen LogP contribution in [0, 0.1) is 0 Å². The molecule has 0 fully saturated rings. The first-order chi connectivity index (χ1) is 8.42. The van der Waals surface area contributed by atoms with Crippen molar-refractivity contribution < 1.29 is 0 Å². The fraction of sp³-hybridized carbons (Fsp3) is 1.00. The fourth-order valence-corrected chi connectivity index (χ4v) is 6.00. The normalized spacial score (nSPS) is 20.2. The Morgan fingerprint density at radius 1 is 0.667 bits per heavy atom. The Balaban J connectivity index is 4.81. The first-order valence-corrected chi connectivity index (χ1v) is 9.96. The van der Waals surface area contributed by atoms with E-state index < -0.39 is 8.56 Å². The van der Waals surface area contributed by atoms with E-state index >= 15 is 0 Å². The van der Waals surface area contributed by atoms with Crippen LogP contribution in [0.3, 0.4) is 0 Å². The molecule has 0 bridgehead atoms. The van der Waals surface area contributed by atoms with E-state index in [9.17, 15) is 0 Å². The molecule has 0 spiro atoms. The van der Waals surface area contributed by atoms with E-state index in [1.54, 1.807) is 0 Å². The quantitative estimate of drug-likeness (QED) is 0.535. The van der Waals surface area contributed by atoms with Crippen LogP contribution in [0.1, 0.15) is 67.7 Å². The second-order valence-corrected chi connectivity index (χ2v) is 9.00. The van der Waals surface area contributed by atoms with E-state index in [-0.39, 0.29) is 0 Å². The summed E-state index contributed by atoms with van der Waals surface area (Å²) in [7, 11) is -1.77. The van der Waals surface area contributed by atoms with Gasteiger partial charge in [-0.05, 0) is 43.4 Å². The van der Waals surface area contributed by atoms with E-state index in [2.05, 4.69) is 63.4 Å². The van der Waals surface area contributed by atoms with E-state index in [4.69, 9.17) is 0 Å². The maximum absolute atomic E-state index is 3.88. The highest BCUT2D eigenvalue weighted by atomic mass is 28.4. The molecule has 3 unspecified atom stereocenters. The SMILES string of the molecule is CCC(C)N[Si](CC)(NC(C)CC)NC(C)CC. The average molecular weight is 274 g/mol. The molecular formula is C14H35N3Si. The molecule has 0 saturated carbocycles. The van der Waals surface area contributed by atoms with Gasteiger partial charge in [0.15, 0.2) is 0 Å². The summed E-state index contributed by atoms with van der Waals surface area (Å²) in [5.74, 6) is 0. The van der Waals surface area contributed by atoms with Crippen LogP contribution in [0.15, 0.2) is 0 Å². The van der Waals surface area contributed by atoms with E-state index in [1.807, 2.05) is 0 Å². The molecule has 0 heterocycles. The van der Waals surface area contributed by atoms with Gasteiger partial charge in [-0.15, -0.1) is 0 Å². The van der Waals surface area contributed by atoms with Crippen molar-refractivity contribution in [3.63, 3.8) is 0 Å². The highest BCUT2D eigenvalue weighted by Crippen LogP contribution is 2.07. The Kier molecular flexibility index (Phi) is 9.12. The Bertz CT molecular complexity index is 180. The van der Waals surface area contributed by atoms with E-state index in [1.165, 1.54) is 25.3 Å². The lowest BCUT2D eigenvalue weighted by Crippen LogP contribution is -2.76. The molecule has 0 aliphatic heterocycles. The zero-order chi connectivity index (χ0) is 14.2. The van der Waals surface area contributed by atoms with Crippen molar-refractivity contribution in [3.05, 3.63) is 0 Å². The zero-order valence-corrected chi connectivity index (χ0v) is 14.6. The monoisotopic (exact) mass is 273 g/mol. The lowest BCUT2D eigenvalue weighted by molar-refractivity contribution is 0.533. The van der Waals surface area contributed by atoms with Gasteiger partial charge >= 0.3 is 0 Å². The lowest BCUT2D eigenvalue weighted by Gasteiger charge is -2.39. The van der Waals surface area contributed by atoms with E-state index in [0.29, 0.717) is 18.1 Å². The minimum absolute atomic E-state index is 0.574. The minimum Gasteiger partial charge on any atom is -0.311 e. The van der Waals surface area contributed by atoms with Crippen LogP contribution in [0.5, 0.6) is 0 Å². The zero-order valence-electron chi connectivity index (χ0n) is 13.6. The van der Waals surface area contributed by atoms with Gasteiger partial charge in [0.05, 0.1) is 0 Å². The van der Waals surface area contributed by atoms with Crippen LogP contribution >= 0.6 is 0 Å². The maximum atomic E-state index is 3.88. The van der Waals surface area contributed by atoms with Crippen LogP contribution in [0.2, 0.25) is 6.04 Å². The Morgan fingerprint density at radius 3 is 1.11 bits per heavy atom. The van der Waals surface area contributed by atoms with Crippen LogP contribution < -0.4 is 14.9 Å². The summed E-state index contributed by atoms with van der Waals surface area (Å²) in [5.41, 5.74) is 0. The van der Waals surface area contributed by atoms with Crippen molar-refractivity contribution in [2.45, 2.75) is 91.9 Å². The molecule has 0 aromatic carbocycles. The topological polar surface area (TPSA) is 36.1 Å². The number of hydrogen-bond acceptors (Lipinski definition) is 3. The van der Waals surface area contributed by atoms with Crippen molar-refractivity contribution in [1.29, 1.82) is 0 Å². The Labute approximate surface area is 116 Å².